The lowest BCUT2D eigenvalue weighted by atomic mass is 10.0. The number of fused-ring (bicyclic) bond motifs is 1. The van der Waals surface area contributed by atoms with Crippen LogP contribution in [0.2, 0.25) is 0 Å². The number of aryl methyl sites for hydroxylation is 1. The van der Waals surface area contributed by atoms with Crippen molar-refractivity contribution in [3.8, 4) is 0 Å². The van der Waals surface area contributed by atoms with Gasteiger partial charge in [-0.15, -0.1) is 0 Å². The van der Waals surface area contributed by atoms with E-state index >= 15 is 0 Å². The molecule has 0 atom stereocenters. The Hall–Kier alpha value is -2.96. The van der Waals surface area contributed by atoms with Crippen molar-refractivity contribution in [1.82, 2.24) is 29.4 Å². The zero-order valence-electron chi connectivity index (χ0n) is 16.9. The van der Waals surface area contributed by atoms with Gasteiger partial charge in [0.1, 0.15) is 11.3 Å². The van der Waals surface area contributed by atoms with Gasteiger partial charge < -0.3 is 14.5 Å². The number of nitrogens with one attached hydrogen (secondary N) is 1. The average Bonchev–Trinajstić information content (AvgIpc) is 3.49. The lowest BCUT2D eigenvalue weighted by Gasteiger charge is -2.13. The molecule has 0 spiro atoms. The van der Waals surface area contributed by atoms with Crippen LogP contribution < -0.4 is 5.32 Å². The van der Waals surface area contributed by atoms with E-state index < -0.39 is 0 Å². The molecule has 1 aliphatic carbocycles. The molecular weight excluding hydrogens is 362 g/mol. The second-order valence-electron chi connectivity index (χ2n) is 7.91. The van der Waals surface area contributed by atoms with Crippen LogP contribution in [-0.2, 0) is 19.5 Å². The maximum atomic E-state index is 4.90. The van der Waals surface area contributed by atoms with Gasteiger partial charge in [0, 0.05) is 30.8 Å². The molecular formula is C22H27N7. The summed E-state index contributed by atoms with van der Waals surface area (Å²) >= 11 is 0. The zero-order valence-corrected chi connectivity index (χ0v) is 16.9. The molecule has 3 aromatic rings. The fourth-order valence-corrected chi connectivity index (χ4v) is 4.54. The Labute approximate surface area is 170 Å². The number of nitrogens with zero attached hydrogens (tertiary/aromatic N) is 6. The van der Waals surface area contributed by atoms with E-state index in [1.54, 1.807) is 0 Å². The number of imidazole rings is 2. The van der Waals surface area contributed by atoms with E-state index in [0.29, 0.717) is 13.1 Å². The van der Waals surface area contributed by atoms with E-state index in [9.17, 15) is 0 Å². The number of aromatic nitrogens is 5. The maximum absolute atomic E-state index is 4.90. The summed E-state index contributed by atoms with van der Waals surface area (Å²) < 4.78 is 4.40. The summed E-state index contributed by atoms with van der Waals surface area (Å²) in [5.41, 5.74) is 3.35. The Bertz CT molecular complexity index is 1070. The van der Waals surface area contributed by atoms with E-state index in [-0.39, 0.29) is 0 Å². The molecule has 5 rings (SSSR count). The SMILES string of the molecule is CCn1c(Cn2ccnc2C2=NCC=CN2)nc2cnc(CC3CCCC3)cc21. The highest BCUT2D eigenvalue weighted by atomic mass is 15.2. The molecule has 0 saturated heterocycles. The Morgan fingerprint density at radius 2 is 2.10 bits per heavy atom. The first-order chi connectivity index (χ1) is 14.3. The fourth-order valence-electron chi connectivity index (χ4n) is 4.54. The average molecular weight is 390 g/mol. The van der Waals surface area contributed by atoms with Crippen LogP contribution in [0.5, 0.6) is 0 Å². The van der Waals surface area contributed by atoms with Crippen molar-refractivity contribution >= 4 is 16.9 Å². The number of hydrogen-bond donors (Lipinski definition) is 1. The number of rotatable bonds is 6. The van der Waals surface area contributed by atoms with Crippen LogP contribution in [0.1, 0.15) is 49.9 Å². The number of hydrogen-bond acceptors (Lipinski definition) is 5. The molecule has 1 fully saturated rings. The van der Waals surface area contributed by atoms with Gasteiger partial charge in [0.2, 0.25) is 0 Å². The summed E-state index contributed by atoms with van der Waals surface area (Å²) in [6.07, 6.45) is 16.2. The highest BCUT2D eigenvalue weighted by molar-refractivity contribution is 5.96. The van der Waals surface area contributed by atoms with Crippen molar-refractivity contribution < 1.29 is 0 Å². The third-order valence-electron chi connectivity index (χ3n) is 5.99. The van der Waals surface area contributed by atoms with Gasteiger partial charge in [0.25, 0.3) is 0 Å². The van der Waals surface area contributed by atoms with Gasteiger partial charge in [0.05, 0.1) is 24.8 Å². The number of pyridine rings is 1. The lowest BCUT2D eigenvalue weighted by molar-refractivity contribution is 0.539. The predicted molar refractivity (Wildman–Crippen MR) is 114 cm³/mol. The third kappa shape index (κ3) is 3.57. The highest BCUT2D eigenvalue weighted by Gasteiger charge is 2.18. The van der Waals surface area contributed by atoms with Crippen molar-refractivity contribution in [3.63, 3.8) is 0 Å². The topological polar surface area (TPSA) is 72.9 Å². The van der Waals surface area contributed by atoms with Gasteiger partial charge in [0.15, 0.2) is 11.7 Å². The first-order valence-electron chi connectivity index (χ1n) is 10.6. The van der Waals surface area contributed by atoms with E-state index in [4.69, 9.17) is 9.97 Å². The molecule has 2 aliphatic rings. The molecule has 7 heteroatoms. The summed E-state index contributed by atoms with van der Waals surface area (Å²) in [5, 5.41) is 3.19. The quantitative estimate of drug-likeness (QED) is 0.702. The van der Waals surface area contributed by atoms with E-state index in [0.717, 1.165) is 41.9 Å². The van der Waals surface area contributed by atoms with E-state index in [1.807, 2.05) is 30.9 Å². The molecule has 0 bridgehead atoms. The van der Waals surface area contributed by atoms with Crippen molar-refractivity contribution in [3.05, 3.63) is 54.3 Å². The molecule has 29 heavy (non-hydrogen) atoms. The molecule has 3 aromatic heterocycles. The van der Waals surface area contributed by atoms with E-state index in [1.165, 1.54) is 36.9 Å². The Balaban J connectivity index is 1.44. The van der Waals surface area contributed by atoms with Crippen molar-refractivity contribution in [2.75, 3.05) is 6.54 Å². The Kier molecular flexibility index (Phi) is 4.87. The van der Waals surface area contributed by atoms with Gasteiger partial charge in [-0.05, 0) is 31.4 Å². The summed E-state index contributed by atoms with van der Waals surface area (Å²) in [7, 11) is 0. The van der Waals surface area contributed by atoms with Crippen LogP contribution in [0.4, 0.5) is 0 Å². The number of amidine groups is 1. The first kappa shape index (κ1) is 18.1. The van der Waals surface area contributed by atoms with Crippen LogP contribution in [0.3, 0.4) is 0 Å². The molecule has 0 radical (unpaired) electrons. The molecule has 0 unspecified atom stereocenters. The van der Waals surface area contributed by atoms with Crippen molar-refractivity contribution in [2.45, 2.75) is 52.1 Å². The monoisotopic (exact) mass is 389 g/mol. The maximum Gasteiger partial charge on any atom is 0.176 e. The van der Waals surface area contributed by atoms with Crippen LogP contribution in [0.15, 0.2) is 41.9 Å². The minimum Gasteiger partial charge on any atom is -0.344 e. The van der Waals surface area contributed by atoms with Gasteiger partial charge in [-0.1, -0.05) is 25.7 Å². The molecule has 1 aliphatic heterocycles. The van der Waals surface area contributed by atoms with Crippen LogP contribution in [-0.4, -0.2) is 36.5 Å². The number of aliphatic imine (C=N–C) groups is 1. The van der Waals surface area contributed by atoms with Crippen molar-refractivity contribution in [2.24, 2.45) is 10.9 Å². The second-order valence-corrected chi connectivity index (χ2v) is 7.91. The third-order valence-corrected chi connectivity index (χ3v) is 5.99. The summed E-state index contributed by atoms with van der Waals surface area (Å²) in [5.74, 6) is 3.46. The Morgan fingerprint density at radius 3 is 2.90 bits per heavy atom. The van der Waals surface area contributed by atoms with Crippen molar-refractivity contribution in [1.29, 1.82) is 0 Å². The second kappa shape index (κ2) is 7.81. The molecule has 7 nitrogen and oxygen atoms in total. The smallest absolute Gasteiger partial charge is 0.176 e. The van der Waals surface area contributed by atoms with Gasteiger partial charge >= 0.3 is 0 Å². The standard InChI is InChI=1S/C22H27N7/c1-2-29-19-13-17(12-16-6-3-4-7-16)26-14-18(19)27-20(29)15-28-11-10-25-22(28)21-23-8-5-9-24-21/h5,8,10-11,13-14,16H,2-4,6-7,9,12,15H2,1H3,(H,23,24). The van der Waals surface area contributed by atoms with Gasteiger partial charge in [-0.3, -0.25) is 9.98 Å². The minimum atomic E-state index is 0.653. The van der Waals surface area contributed by atoms with Gasteiger partial charge in [-0.25, -0.2) is 9.97 Å². The summed E-state index contributed by atoms with van der Waals surface area (Å²) in [6.45, 7) is 4.39. The zero-order chi connectivity index (χ0) is 19.6. The minimum absolute atomic E-state index is 0.653. The van der Waals surface area contributed by atoms with Gasteiger partial charge in [-0.2, -0.15) is 0 Å². The summed E-state index contributed by atoms with van der Waals surface area (Å²) in [4.78, 5) is 18.6. The van der Waals surface area contributed by atoms with Crippen LogP contribution in [0.25, 0.3) is 11.0 Å². The normalized spacial score (nSPS) is 17.1. The Morgan fingerprint density at radius 1 is 1.21 bits per heavy atom. The predicted octanol–water partition coefficient (Wildman–Crippen LogP) is 3.29. The molecule has 1 saturated carbocycles. The molecule has 0 aromatic carbocycles. The highest BCUT2D eigenvalue weighted by Crippen LogP contribution is 2.28. The largest absolute Gasteiger partial charge is 0.344 e. The first-order valence-corrected chi connectivity index (χ1v) is 10.6. The van der Waals surface area contributed by atoms with Crippen LogP contribution >= 0.6 is 0 Å². The molecule has 1 N–H and O–H groups in total. The fraction of sp³-hybridized carbons (Fsp3) is 0.455. The molecule has 150 valence electrons. The lowest BCUT2D eigenvalue weighted by Crippen LogP contribution is -2.26. The van der Waals surface area contributed by atoms with E-state index in [2.05, 4.69) is 37.4 Å². The molecule has 0 amide bonds. The molecule has 4 heterocycles. The summed E-state index contributed by atoms with van der Waals surface area (Å²) in [6, 6.07) is 2.25. The van der Waals surface area contributed by atoms with Crippen LogP contribution in [0, 0.1) is 5.92 Å².